The molecule has 1 heterocycles. The number of likely N-dealkylation sites (tertiary alicyclic amines) is 1. The van der Waals surface area contributed by atoms with E-state index < -0.39 is 0 Å². The average molecular weight is 265 g/mol. The Bertz CT molecular complexity index is 373. The molecule has 0 aromatic heterocycles. The van der Waals surface area contributed by atoms with Crippen molar-refractivity contribution in [3.8, 4) is 0 Å². The monoisotopic (exact) mass is 265 g/mol. The molecule has 0 radical (unpaired) electrons. The molecule has 2 unspecified atom stereocenters. The van der Waals surface area contributed by atoms with E-state index in [1.54, 1.807) is 0 Å². The molecule has 1 saturated heterocycles. The largest absolute Gasteiger partial charge is 0.356 e. The van der Waals surface area contributed by atoms with Crippen LogP contribution in [0, 0.1) is 11.8 Å². The van der Waals surface area contributed by atoms with Gasteiger partial charge in [-0.3, -0.25) is 9.59 Å². The fraction of sp³-hybridized carbons (Fsp3) is 0.714. The van der Waals surface area contributed by atoms with E-state index in [-0.39, 0.29) is 23.8 Å². The molecule has 106 valence electrons. The molecule has 2 atom stereocenters. The van der Waals surface area contributed by atoms with Gasteiger partial charge in [0.05, 0.1) is 5.92 Å². The minimum Gasteiger partial charge on any atom is -0.356 e. The van der Waals surface area contributed by atoms with Crippen molar-refractivity contribution in [2.24, 2.45) is 17.6 Å². The lowest BCUT2D eigenvalue weighted by molar-refractivity contribution is -0.135. The highest BCUT2D eigenvalue weighted by Gasteiger charge is 2.29. The van der Waals surface area contributed by atoms with Gasteiger partial charge >= 0.3 is 0 Å². The van der Waals surface area contributed by atoms with Gasteiger partial charge in [-0.1, -0.05) is 12.2 Å². The summed E-state index contributed by atoms with van der Waals surface area (Å²) in [6.45, 7) is 3.85. The SMILES string of the molecule is CC(=O)NCC1CCN(C(=O)C2C=CC(N)C2)CC1. The number of rotatable bonds is 3. The summed E-state index contributed by atoms with van der Waals surface area (Å²) in [4.78, 5) is 25.1. The summed E-state index contributed by atoms with van der Waals surface area (Å²) in [5, 5.41) is 2.85. The van der Waals surface area contributed by atoms with Gasteiger partial charge in [0, 0.05) is 32.6 Å². The zero-order valence-electron chi connectivity index (χ0n) is 11.5. The van der Waals surface area contributed by atoms with Crippen LogP contribution in [-0.2, 0) is 9.59 Å². The zero-order chi connectivity index (χ0) is 13.8. The molecule has 1 aliphatic heterocycles. The van der Waals surface area contributed by atoms with Crippen LogP contribution in [0.5, 0.6) is 0 Å². The number of hydrogen-bond donors (Lipinski definition) is 2. The molecule has 1 fully saturated rings. The topological polar surface area (TPSA) is 75.4 Å². The van der Waals surface area contributed by atoms with E-state index >= 15 is 0 Å². The smallest absolute Gasteiger partial charge is 0.229 e. The van der Waals surface area contributed by atoms with Crippen LogP contribution in [0.2, 0.25) is 0 Å². The van der Waals surface area contributed by atoms with Crippen molar-refractivity contribution in [2.45, 2.75) is 32.2 Å². The van der Waals surface area contributed by atoms with Crippen LogP contribution in [0.25, 0.3) is 0 Å². The second-order valence-electron chi connectivity index (χ2n) is 5.60. The molecule has 0 bridgehead atoms. The number of carbonyl (C=O) groups excluding carboxylic acids is 2. The van der Waals surface area contributed by atoms with E-state index in [0.29, 0.717) is 5.92 Å². The third kappa shape index (κ3) is 3.80. The second-order valence-corrected chi connectivity index (χ2v) is 5.60. The molecule has 2 rings (SSSR count). The van der Waals surface area contributed by atoms with Crippen molar-refractivity contribution in [3.63, 3.8) is 0 Å². The van der Waals surface area contributed by atoms with Gasteiger partial charge in [-0.05, 0) is 25.2 Å². The lowest BCUT2D eigenvalue weighted by Crippen LogP contribution is -2.43. The van der Waals surface area contributed by atoms with Gasteiger partial charge in [0.2, 0.25) is 11.8 Å². The van der Waals surface area contributed by atoms with E-state index in [1.165, 1.54) is 6.92 Å². The maximum atomic E-state index is 12.3. The molecule has 3 N–H and O–H groups in total. The first kappa shape index (κ1) is 14.1. The number of nitrogens with zero attached hydrogens (tertiary/aromatic N) is 1. The summed E-state index contributed by atoms with van der Waals surface area (Å²) in [5.41, 5.74) is 5.78. The lowest BCUT2D eigenvalue weighted by Gasteiger charge is -2.33. The Morgan fingerprint density at radius 2 is 2.00 bits per heavy atom. The van der Waals surface area contributed by atoms with Crippen LogP contribution >= 0.6 is 0 Å². The first-order valence-electron chi connectivity index (χ1n) is 7.03. The van der Waals surface area contributed by atoms with E-state index in [1.807, 2.05) is 17.1 Å². The standard InChI is InChI=1S/C14H23N3O2/c1-10(18)16-9-11-4-6-17(7-5-11)14(19)12-2-3-13(15)8-12/h2-3,11-13H,4-9,15H2,1H3,(H,16,18). The van der Waals surface area contributed by atoms with Crippen LogP contribution in [0.4, 0.5) is 0 Å². The first-order valence-corrected chi connectivity index (χ1v) is 7.03. The number of piperidine rings is 1. The van der Waals surface area contributed by atoms with Crippen LogP contribution in [0.3, 0.4) is 0 Å². The molecule has 0 spiro atoms. The summed E-state index contributed by atoms with van der Waals surface area (Å²) in [5.74, 6) is 0.696. The molecule has 2 aliphatic rings. The van der Waals surface area contributed by atoms with Crippen molar-refractivity contribution >= 4 is 11.8 Å². The van der Waals surface area contributed by atoms with E-state index in [0.717, 1.165) is 38.9 Å². The number of hydrogen-bond acceptors (Lipinski definition) is 3. The van der Waals surface area contributed by atoms with Crippen LogP contribution < -0.4 is 11.1 Å². The normalized spacial score (nSPS) is 27.6. The minimum absolute atomic E-state index is 0.0172. The van der Waals surface area contributed by atoms with Crippen molar-refractivity contribution in [1.82, 2.24) is 10.2 Å². The van der Waals surface area contributed by atoms with E-state index in [4.69, 9.17) is 5.73 Å². The minimum atomic E-state index is -0.0260. The van der Waals surface area contributed by atoms with E-state index in [9.17, 15) is 9.59 Å². The summed E-state index contributed by atoms with van der Waals surface area (Å²) in [7, 11) is 0. The second kappa shape index (κ2) is 6.19. The number of amides is 2. The molecule has 0 aromatic carbocycles. The zero-order valence-corrected chi connectivity index (χ0v) is 11.5. The third-order valence-electron chi connectivity index (χ3n) is 4.00. The molecule has 5 nitrogen and oxygen atoms in total. The lowest BCUT2D eigenvalue weighted by atomic mass is 9.95. The number of nitrogens with two attached hydrogens (primary N) is 1. The summed E-state index contributed by atoms with van der Waals surface area (Å²) < 4.78 is 0. The van der Waals surface area contributed by atoms with Crippen molar-refractivity contribution < 1.29 is 9.59 Å². The Morgan fingerprint density at radius 3 is 2.53 bits per heavy atom. The quantitative estimate of drug-likeness (QED) is 0.719. The van der Waals surface area contributed by atoms with Crippen molar-refractivity contribution in [1.29, 1.82) is 0 Å². The van der Waals surface area contributed by atoms with E-state index in [2.05, 4.69) is 5.32 Å². The molecule has 5 heteroatoms. The fourth-order valence-electron chi connectivity index (χ4n) is 2.79. The number of carbonyl (C=O) groups is 2. The highest BCUT2D eigenvalue weighted by Crippen LogP contribution is 2.23. The Kier molecular flexibility index (Phi) is 4.58. The van der Waals surface area contributed by atoms with Gasteiger partial charge in [-0.15, -0.1) is 0 Å². The van der Waals surface area contributed by atoms with Gasteiger partial charge in [-0.25, -0.2) is 0 Å². The van der Waals surface area contributed by atoms with Gasteiger partial charge in [-0.2, -0.15) is 0 Å². The Hall–Kier alpha value is -1.36. The van der Waals surface area contributed by atoms with Gasteiger partial charge in [0.1, 0.15) is 0 Å². The highest BCUT2D eigenvalue weighted by molar-refractivity contribution is 5.81. The van der Waals surface area contributed by atoms with Gasteiger partial charge in [0.25, 0.3) is 0 Å². The Labute approximate surface area is 114 Å². The Morgan fingerprint density at radius 1 is 1.32 bits per heavy atom. The van der Waals surface area contributed by atoms with Crippen LogP contribution in [0.15, 0.2) is 12.2 Å². The molecule has 0 aromatic rings. The number of nitrogens with one attached hydrogen (secondary N) is 1. The Balaban J connectivity index is 1.75. The molecule has 2 amide bonds. The van der Waals surface area contributed by atoms with Gasteiger partial charge < -0.3 is 16.0 Å². The highest BCUT2D eigenvalue weighted by atomic mass is 16.2. The van der Waals surface area contributed by atoms with Crippen molar-refractivity contribution in [2.75, 3.05) is 19.6 Å². The van der Waals surface area contributed by atoms with Gasteiger partial charge in [0.15, 0.2) is 0 Å². The fourth-order valence-corrected chi connectivity index (χ4v) is 2.79. The molecular weight excluding hydrogens is 242 g/mol. The predicted molar refractivity (Wildman–Crippen MR) is 73.2 cm³/mol. The van der Waals surface area contributed by atoms with Crippen molar-refractivity contribution in [3.05, 3.63) is 12.2 Å². The molecular formula is C14H23N3O2. The molecule has 19 heavy (non-hydrogen) atoms. The maximum absolute atomic E-state index is 12.3. The average Bonchev–Trinajstić information content (AvgIpc) is 2.83. The maximum Gasteiger partial charge on any atom is 0.229 e. The van der Waals surface area contributed by atoms with Crippen LogP contribution in [0.1, 0.15) is 26.2 Å². The summed E-state index contributed by atoms with van der Waals surface area (Å²) in [6.07, 6.45) is 6.54. The predicted octanol–water partition coefficient (Wildman–Crippen LogP) is 0.265. The summed E-state index contributed by atoms with van der Waals surface area (Å²) in [6, 6.07) is 0.0336. The first-order chi connectivity index (χ1) is 9.06. The molecule has 1 aliphatic carbocycles. The van der Waals surface area contributed by atoms with Crippen LogP contribution in [-0.4, -0.2) is 42.4 Å². The summed E-state index contributed by atoms with van der Waals surface area (Å²) >= 11 is 0. The molecule has 0 saturated carbocycles. The third-order valence-corrected chi connectivity index (χ3v) is 4.00.